The van der Waals surface area contributed by atoms with Gasteiger partial charge in [-0.1, -0.05) is 36.8 Å². The van der Waals surface area contributed by atoms with E-state index in [1.165, 1.54) is 16.7 Å². The van der Waals surface area contributed by atoms with Crippen LogP contribution in [-0.2, 0) is 0 Å². The zero-order valence-corrected chi connectivity index (χ0v) is 13.3. The molecule has 0 amide bonds. The van der Waals surface area contributed by atoms with Crippen molar-refractivity contribution in [2.24, 2.45) is 0 Å². The van der Waals surface area contributed by atoms with Crippen LogP contribution >= 0.6 is 0 Å². The van der Waals surface area contributed by atoms with Crippen molar-refractivity contribution in [2.75, 3.05) is 6.54 Å². The van der Waals surface area contributed by atoms with Crippen LogP contribution in [0.15, 0.2) is 36.4 Å². The number of aryl methyl sites for hydroxylation is 3. The SMILES string of the molecule is CCCNC(c1cc(C)cc(F)c1)c1ccc(C)cc1C. The van der Waals surface area contributed by atoms with Gasteiger partial charge in [-0.05, 0) is 68.1 Å². The fourth-order valence-electron chi connectivity index (χ4n) is 2.78. The van der Waals surface area contributed by atoms with E-state index in [4.69, 9.17) is 0 Å². The molecule has 0 aliphatic carbocycles. The molecule has 0 saturated heterocycles. The van der Waals surface area contributed by atoms with Gasteiger partial charge in [0, 0.05) is 0 Å². The van der Waals surface area contributed by atoms with Gasteiger partial charge in [0.05, 0.1) is 6.04 Å². The Kier molecular flexibility index (Phi) is 5.13. The van der Waals surface area contributed by atoms with Gasteiger partial charge in [-0.2, -0.15) is 0 Å². The number of benzene rings is 2. The highest BCUT2D eigenvalue weighted by molar-refractivity contribution is 5.40. The van der Waals surface area contributed by atoms with E-state index in [9.17, 15) is 4.39 Å². The third kappa shape index (κ3) is 3.92. The summed E-state index contributed by atoms with van der Waals surface area (Å²) in [7, 11) is 0. The lowest BCUT2D eigenvalue weighted by Crippen LogP contribution is -2.24. The molecule has 2 aromatic rings. The molecule has 0 aromatic heterocycles. The molecule has 0 radical (unpaired) electrons. The van der Waals surface area contributed by atoms with Gasteiger partial charge in [-0.15, -0.1) is 0 Å². The van der Waals surface area contributed by atoms with E-state index in [1.54, 1.807) is 12.1 Å². The van der Waals surface area contributed by atoms with Crippen molar-refractivity contribution in [2.45, 2.75) is 40.2 Å². The number of hydrogen-bond donors (Lipinski definition) is 1. The first-order chi connectivity index (χ1) is 10.0. The lowest BCUT2D eigenvalue weighted by Gasteiger charge is -2.22. The van der Waals surface area contributed by atoms with Gasteiger partial charge in [-0.3, -0.25) is 0 Å². The molecular formula is C19H24FN. The smallest absolute Gasteiger partial charge is 0.123 e. The predicted octanol–water partition coefficient (Wildman–Crippen LogP) is 4.84. The van der Waals surface area contributed by atoms with Crippen LogP contribution in [-0.4, -0.2) is 6.54 Å². The molecule has 0 spiro atoms. The fraction of sp³-hybridized carbons (Fsp3) is 0.368. The fourth-order valence-corrected chi connectivity index (χ4v) is 2.78. The minimum absolute atomic E-state index is 0.0416. The van der Waals surface area contributed by atoms with Crippen molar-refractivity contribution in [3.05, 3.63) is 70.0 Å². The van der Waals surface area contributed by atoms with Crippen molar-refractivity contribution in [3.8, 4) is 0 Å². The lowest BCUT2D eigenvalue weighted by molar-refractivity contribution is 0.583. The quantitative estimate of drug-likeness (QED) is 0.829. The molecular weight excluding hydrogens is 261 g/mol. The Labute approximate surface area is 127 Å². The summed E-state index contributed by atoms with van der Waals surface area (Å²) in [5.41, 5.74) is 5.66. The first kappa shape index (κ1) is 15.7. The molecule has 21 heavy (non-hydrogen) atoms. The summed E-state index contributed by atoms with van der Waals surface area (Å²) in [4.78, 5) is 0. The largest absolute Gasteiger partial charge is 0.306 e. The van der Waals surface area contributed by atoms with E-state index in [-0.39, 0.29) is 11.9 Å². The Morgan fingerprint density at radius 2 is 1.76 bits per heavy atom. The molecule has 1 N–H and O–H groups in total. The van der Waals surface area contributed by atoms with E-state index < -0.39 is 0 Å². The first-order valence-electron chi connectivity index (χ1n) is 7.59. The van der Waals surface area contributed by atoms with Crippen molar-refractivity contribution in [1.82, 2.24) is 5.32 Å². The summed E-state index contributed by atoms with van der Waals surface area (Å²) >= 11 is 0. The molecule has 0 aliphatic rings. The topological polar surface area (TPSA) is 12.0 Å². The summed E-state index contributed by atoms with van der Waals surface area (Å²) < 4.78 is 13.8. The highest BCUT2D eigenvalue weighted by Crippen LogP contribution is 2.27. The van der Waals surface area contributed by atoms with Crippen LogP contribution in [0.2, 0.25) is 0 Å². The minimum atomic E-state index is -0.168. The first-order valence-corrected chi connectivity index (χ1v) is 7.59. The second-order valence-electron chi connectivity index (χ2n) is 5.81. The van der Waals surface area contributed by atoms with E-state index >= 15 is 0 Å². The van der Waals surface area contributed by atoms with Crippen LogP contribution < -0.4 is 5.32 Å². The second kappa shape index (κ2) is 6.86. The summed E-state index contributed by atoms with van der Waals surface area (Å²) in [6.45, 7) is 9.20. The van der Waals surface area contributed by atoms with Crippen LogP contribution in [0.1, 0.15) is 47.2 Å². The van der Waals surface area contributed by atoms with Gasteiger partial charge < -0.3 is 5.32 Å². The summed E-state index contributed by atoms with van der Waals surface area (Å²) in [6, 6.07) is 11.8. The van der Waals surface area contributed by atoms with Crippen LogP contribution in [0.5, 0.6) is 0 Å². The third-order valence-corrected chi connectivity index (χ3v) is 3.73. The van der Waals surface area contributed by atoms with E-state index in [0.29, 0.717) is 0 Å². The van der Waals surface area contributed by atoms with Gasteiger partial charge in [-0.25, -0.2) is 4.39 Å². The van der Waals surface area contributed by atoms with Crippen LogP contribution in [0, 0.1) is 26.6 Å². The van der Waals surface area contributed by atoms with E-state index in [2.05, 4.69) is 50.4 Å². The maximum absolute atomic E-state index is 13.8. The third-order valence-electron chi connectivity index (χ3n) is 3.73. The molecule has 2 rings (SSSR count). The number of hydrogen-bond acceptors (Lipinski definition) is 1. The molecule has 2 aromatic carbocycles. The standard InChI is InChI=1S/C19H24FN/c1-5-8-21-19(16-10-14(3)11-17(20)12-16)18-7-6-13(2)9-15(18)4/h6-7,9-12,19,21H,5,8H2,1-4H3. The monoisotopic (exact) mass is 285 g/mol. The Morgan fingerprint density at radius 3 is 2.38 bits per heavy atom. The van der Waals surface area contributed by atoms with Gasteiger partial charge in [0.1, 0.15) is 5.82 Å². The van der Waals surface area contributed by atoms with Crippen LogP contribution in [0.4, 0.5) is 4.39 Å². The second-order valence-corrected chi connectivity index (χ2v) is 5.81. The Morgan fingerprint density at radius 1 is 1.00 bits per heavy atom. The van der Waals surface area contributed by atoms with Gasteiger partial charge in [0.15, 0.2) is 0 Å². The number of rotatable bonds is 5. The van der Waals surface area contributed by atoms with E-state index in [1.807, 2.05) is 6.92 Å². The summed E-state index contributed by atoms with van der Waals surface area (Å²) in [5.74, 6) is -0.168. The summed E-state index contributed by atoms with van der Waals surface area (Å²) in [6.07, 6.45) is 1.05. The molecule has 0 fully saturated rings. The molecule has 0 heterocycles. The average molecular weight is 285 g/mol. The molecule has 0 aliphatic heterocycles. The van der Waals surface area contributed by atoms with Gasteiger partial charge in [0.2, 0.25) is 0 Å². The number of nitrogens with one attached hydrogen (secondary N) is 1. The normalized spacial score (nSPS) is 12.4. The molecule has 1 atom stereocenters. The number of halogens is 1. The molecule has 1 nitrogen and oxygen atoms in total. The molecule has 112 valence electrons. The Hall–Kier alpha value is -1.67. The zero-order chi connectivity index (χ0) is 15.4. The minimum Gasteiger partial charge on any atom is -0.306 e. The molecule has 0 bridgehead atoms. The van der Waals surface area contributed by atoms with Crippen LogP contribution in [0.3, 0.4) is 0 Å². The highest BCUT2D eigenvalue weighted by atomic mass is 19.1. The molecule has 1 unspecified atom stereocenters. The maximum Gasteiger partial charge on any atom is 0.123 e. The Bertz CT molecular complexity index is 599. The van der Waals surface area contributed by atoms with Gasteiger partial charge in [0.25, 0.3) is 0 Å². The lowest BCUT2D eigenvalue weighted by atomic mass is 9.93. The van der Waals surface area contributed by atoms with Crippen molar-refractivity contribution >= 4 is 0 Å². The maximum atomic E-state index is 13.8. The zero-order valence-electron chi connectivity index (χ0n) is 13.3. The van der Waals surface area contributed by atoms with Crippen LogP contribution in [0.25, 0.3) is 0 Å². The summed E-state index contributed by atoms with van der Waals surface area (Å²) in [5, 5.41) is 3.55. The van der Waals surface area contributed by atoms with E-state index in [0.717, 1.165) is 24.1 Å². The average Bonchev–Trinajstić information content (AvgIpc) is 2.40. The van der Waals surface area contributed by atoms with Crippen molar-refractivity contribution in [1.29, 1.82) is 0 Å². The van der Waals surface area contributed by atoms with Gasteiger partial charge >= 0.3 is 0 Å². The Balaban J connectivity index is 2.46. The van der Waals surface area contributed by atoms with Crippen molar-refractivity contribution < 1.29 is 4.39 Å². The van der Waals surface area contributed by atoms with Crippen molar-refractivity contribution in [3.63, 3.8) is 0 Å². The molecule has 0 saturated carbocycles. The predicted molar refractivity (Wildman–Crippen MR) is 87.2 cm³/mol. The highest BCUT2D eigenvalue weighted by Gasteiger charge is 2.16. The molecule has 2 heteroatoms.